The maximum atomic E-state index is 5.37. The molecule has 2 nitrogen and oxygen atoms in total. The quantitative estimate of drug-likeness (QED) is 0.163. The lowest BCUT2D eigenvalue weighted by molar-refractivity contribution is 0.209. The van der Waals surface area contributed by atoms with Crippen LogP contribution in [0.15, 0.2) is 0 Å². The summed E-state index contributed by atoms with van der Waals surface area (Å²) in [4.78, 5) is 0. The molecule has 0 amide bonds. The van der Waals surface area contributed by atoms with E-state index in [1.807, 2.05) is 0 Å². The Morgan fingerprint density at radius 1 is 0.688 bits per heavy atom. The molecular weight excluding hydrogens is 414 g/mol. The summed E-state index contributed by atoms with van der Waals surface area (Å²) in [6.45, 7) is 0. The molecule has 0 fully saturated rings. The van der Waals surface area contributed by atoms with Gasteiger partial charge in [-0.2, -0.15) is 0 Å². The fourth-order valence-corrected chi connectivity index (χ4v) is 11.2. The summed E-state index contributed by atoms with van der Waals surface area (Å²) < 4.78 is 9.80. The fourth-order valence-electron chi connectivity index (χ4n) is 0.260. The second-order valence-corrected chi connectivity index (χ2v) is 13.1. The molecule has 0 N–H and O–H groups in total. The number of alkyl halides is 4. The van der Waals surface area contributed by atoms with Crippen LogP contribution in [0.4, 0.5) is 0 Å². The van der Waals surface area contributed by atoms with Crippen LogP contribution in [0, 0.1) is 0 Å². The van der Waals surface area contributed by atoms with Crippen molar-refractivity contribution in [1.29, 1.82) is 0 Å². The predicted molar refractivity (Wildman–Crippen MR) is 88.4 cm³/mol. The summed E-state index contributed by atoms with van der Waals surface area (Å²) in [7, 11) is 9.45. The van der Waals surface area contributed by atoms with Crippen molar-refractivity contribution in [3.05, 3.63) is 0 Å². The lowest BCUT2D eigenvalue weighted by Crippen LogP contribution is -1.92. The highest BCUT2D eigenvalue weighted by atomic mass is 35.5. The fraction of sp³-hybridized carbons (Fsp3) is 1.00. The summed E-state index contributed by atoms with van der Waals surface area (Å²) in [5.74, 6) is 0.911. The molecule has 0 aromatic heterocycles. The first-order chi connectivity index (χ1) is 7.63. The van der Waals surface area contributed by atoms with Crippen molar-refractivity contribution < 1.29 is 9.47 Å². The molecule has 0 radical (unpaired) electrons. The summed E-state index contributed by atoms with van der Waals surface area (Å²) >= 11 is 21.5. The Balaban J connectivity index is 2.93. The third-order valence-electron chi connectivity index (χ3n) is 0.664. The Bertz CT molecular complexity index is 138. The first kappa shape index (κ1) is 19.2. The Morgan fingerprint density at radius 3 is 1.38 bits per heavy atom. The van der Waals surface area contributed by atoms with E-state index in [0.29, 0.717) is 11.9 Å². The minimum atomic E-state index is -0.758. The van der Waals surface area contributed by atoms with Gasteiger partial charge in [0.25, 0.3) is 0 Å². The van der Waals surface area contributed by atoms with Crippen LogP contribution in [0.3, 0.4) is 0 Å². The zero-order valence-corrected chi connectivity index (χ0v) is 15.3. The topological polar surface area (TPSA) is 18.5 Å². The van der Waals surface area contributed by atoms with Crippen molar-refractivity contribution in [1.82, 2.24) is 0 Å². The van der Waals surface area contributed by atoms with E-state index in [1.165, 1.54) is 21.6 Å². The maximum Gasteiger partial charge on any atom is 0.207 e. The monoisotopic (exact) mass is 418 g/mol. The van der Waals surface area contributed by atoms with Crippen LogP contribution in [0.25, 0.3) is 0 Å². The molecule has 0 spiro atoms. The lowest BCUT2D eigenvalue weighted by Gasteiger charge is -2.03. The molecule has 0 atom stereocenters. The Labute approximate surface area is 137 Å². The molecule has 0 aliphatic rings. The van der Waals surface area contributed by atoms with E-state index in [-0.39, 0.29) is 0 Å². The van der Waals surface area contributed by atoms with Gasteiger partial charge in [0, 0.05) is 0 Å². The summed E-state index contributed by atoms with van der Waals surface area (Å²) in [6, 6.07) is 0. The van der Waals surface area contributed by atoms with Gasteiger partial charge in [-0.1, -0.05) is 68.0 Å². The molecule has 0 aromatic carbocycles. The molecule has 0 saturated carbocycles. The molecule has 0 aliphatic carbocycles. The van der Waals surface area contributed by atoms with Crippen molar-refractivity contribution in [2.75, 3.05) is 11.9 Å². The zero-order valence-electron chi connectivity index (χ0n) is 7.35. The SMILES string of the molecule is ClC(Cl)OCSSSSSSCOC(Cl)Cl. The number of hydrogen-bond donors (Lipinski definition) is 0. The van der Waals surface area contributed by atoms with E-state index < -0.39 is 10.0 Å². The second-order valence-electron chi connectivity index (χ2n) is 1.60. The highest BCUT2D eigenvalue weighted by Crippen LogP contribution is 2.52. The van der Waals surface area contributed by atoms with Crippen LogP contribution < -0.4 is 0 Å². The smallest absolute Gasteiger partial charge is 0.207 e. The van der Waals surface area contributed by atoms with Crippen molar-refractivity contribution >= 4 is 107 Å². The molecular formula is C4H6Cl4O2S6. The second kappa shape index (κ2) is 14.6. The molecule has 0 unspecified atom stereocenters. The summed E-state index contributed by atoms with van der Waals surface area (Å²) in [5.41, 5.74) is 0. The molecule has 98 valence electrons. The molecule has 0 heterocycles. The molecule has 0 aliphatic heterocycles. The van der Waals surface area contributed by atoms with Gasteiger partial charge < -0.3 is 9.47 Å². The molecule has 12 heteroatoms. The van der Waals surface area contributed by atoms with E-state index in [9.17, 15) is 0 Å². The third kappa shape index (κ3) is 17.2. The normalized spacial score (nSPS) is 11.6. The average Bonchev–Trinajstić information content (AvgIpc) is 2.20. The van der Waals surface area contributed by atoms with Crippen LogP contribution in [0.5, 0.6) is 0 Å². The van der Waals surface area contributed by atoms with Crippen LogP contribution >= 0.6 is 107 Å². The molecule has 0 aromatic rings. The average molecular weight is 420 g/mol. The van der Waals surface area contributed by atoms with E-state index in [2.05, 4.69) is 0 Å². The molecule has 0 rings (SSSR count). The predicted octanol–water partition coefficient (Wildman–Crippen LogP) is 6.43. The first-order valence-corrected chi connectivity index (χ1v) is 12.9. The minimum Gasteiger partial charge on any atom is -0.337 e. The van der Waals surface area contributed by atoms with Crippen LogP contribution in [-0.2, 0) is 9.47 Å². The first-order valence-electron chi connectivity index (χ1n) is 3.33. The van der Waals surface area contributed by atoms with Crippen LogP contribution in [0.1, 0.15) is 0 Å². The van der Waals surface area contributed by atoms with Crippen molar-refractivity contribution in [3.63, 3.8) is 0 Å². The highest BCUT2D eigenvalue weighted by molar-refractivity contribution is 9.41. The lowest BCUT2D eigenvalue weighted by atomic mass is 11.5. The van der Waals surface area contributed by atoms with Crippen LogP contribution in [-0.4, -0.2) is 21.9 Å². The highest BCUT2D eigenvalue weighted by Gasteiger charge is 2.00. The zero-order chi connectivity index (χ0) is 12.2. The summed E-state index contributed by atoms with van der Waals surface area (Å²) in [6.07, 6.45) is 0. The van der Waals surface area contributed by atoms with Crippen LogP contribution in [0.2, 0.25) is 0 Å². The number of ether oxygens (including phenoxy) is 2. The number of rotatable bonds is 11. The summed E-state index contributed by atoms with van der Waals surface area (Å²) in [5, 5.41) is -1.52. The molecule has 0 bridgehead atoms. The van der Waals surface area contributed by atoms with Crippen molar-refractivity contribution in [3.8, 4) is 0 Å². The van der Waals surface area contributed by atoms with E-state index in [0.717, 1.165) is 0 Å². The molecule has 16 heavy (non-hydrogen) atoms. The third-order valence-corrected chi connectivity index (χ3v) is 11.4. The van der Waals surface area contributed by atoms with Gasteiger partial charge in [-0.05, 0) is 39.3 Å². The van der Waals surface area contributed by atoms with Gasteiger partial charge in [-0.3, -0.25) is 0 Å². The van der Waals surface area contributed by atoms with Gasteiger partial charge in [0.2, 0.25) is 10.0 Å². The number of hydrogen-bond acceptors (Lipinski definition) is 8. The maximum absolute atomic E-state index is 5.37. The van der Waals surface area contributed by atoms with Gasteiger partial charge >= 0.3 is 0 Å². The Kier molecular flexibility index (Phi) is 17.5. The van der Waals surface area contributed by atoms with Crippen molar-refractivity contribution in [2.24, 2.45) is 0 Å². The van der Waals surface area contributed by atoms with Gasteiger partial charge in [0.15, 0.2) is 0 Å². The number of halogens is 4. The van der Waals surface area contributed by atoms with Gasteiger partial charge in [-0.15, -0.1) is 0 Å². The minimum absolute atomic E-state index is 0.455. The largest absolute Gasteiger partial charge is 0.337 e. The van der Waals surface area contributed by atoms with Gasteiger partial charge in [0.1, 0.15) is 11.9 Å². The van der Waals surface area contributed by atoms with Crippen molar-refractivity contribution in [2.45, 2.75) is 10.0 Å². The Morgan fingerprint density at radius 2 is 1.06 bits per heavy atom. The van der Waals surface area contributed by atoms with Gasteiger partial charge in [-0.25, -0.2) is 0 Å². The van der Waals surface area contributed by atoms with E-state index >= 15 is 0 Å². The standard InChI is InChI=1S/C4H6Cl4O2S6/c5-3(6)9-1-11-13-15-16-14-12-2-10-4(7)8/h3-4H,1-2H2. The molecule has 0 saturated heterocycles. The Hall–Kier alpha value is 3.18. The van der Waals surface area contributed by atoms with Gasteiger partial charge in [0.05, 0.1) is 0 Å². The van der Waals surface area contributed by atoms with E-state index in [4.69, 9.17) is 55.9 Å². The van der Waals surface area contributed by atoms with E-state index in [1.54, 1.807) is 39.3 Å².